The normalized spacial score (nSPS) is 8.75. The molecule has 8 heavy (non-hydrogen) atoms. The Morgan fingerprint density at radius 2 is 2.38 bits per heavy atom. The number of aliphatic hydroxyl groups excluding tert-OH is 1. The van der Waals surface area contributed by atoms with Crippen molar-refractivity contribution in [1.82, 2.24) is 0 Å². The highest BCUT2D eigenvalue weighted by atomic mass is 16.6. The third-order valence-electron chi connectivity index (χ3n) is 0.680. The molecule has 0 saturated heterocycles. The summed E-state index contributed by atoms with van der Waals surface area (Å²) in [5, 5.41) is 8.02. The summed E-state index contributed by atoms with van der Waals surface area (Å²) < 4.78 is 4.20. The van der Waals surface area contributed by atoms with Crippen molar-refractivity contribution in [2.45, 2.75) is 19.8 Å². The van der Waals surface area contributed by atoms with Gasteiger partial charge in [-0.25, -0.2) is 0 Å². The molecule has 0 aliphatic heterocycles. The zero-order chi connectivity index (χ0) is 6.41. The topological polar surface area (TPSA) is 46.5 Å². The molecule has 3 nitrogen and oxygen atoms in total. The molecule has 0 unspecified atom stereocenters. The molecular formula is C5H10O3. The van der Waals surface area contributed by atoms with Gasteiger partial charge >= 0.3 is 5.97 Å². The van der Waals surface area contributed by atoms with Gasteiger partial charge < -0.3 is 9.84 Å². The smallest absolute Gasteiger partial charge is 0.307 e. The number of carbonyl (C=O) groups excluding carboxylic acids is 1. The summed E-state index contributed by atoms with van der Waals surface area (Å²) in [6.07, 6.45) is 1.15. The molecule has 0 atom stereocenters. The Morgan fingerprint density at radius 1 is 1.75 bits per heavy atom. The molecule has 0 rings (SSSR count). The molecule has 0 aromatic heterocycles. The van der Waals surface area contributed by atoms with Gasteiger partial charge in [0.05, 0.1) is 0 Å². The SMILES string of the molecule is CCCC(=O)OCO. The molecule has 0 radical (unpaired) electrons. The van der Waals surface area contributed by atoms with E-state index < -0.39 is 6.79 Å². The molecule has 0 spiro atoms. The highest BCUT2D eigenvalue weighted by Crippen LogP contribution is 1.88. The minimum atomic E-state index is -0.501. The summed E-state index contributed by atoms with van der Waals surface area (Å²) in [4.78, 5) is 10.3. The van der Waals surface area contributed by atoms with Crippen LogP contribution in [-0.4, -0.2) is 17.9 Å². The van der Waals surface area contributed by atoms with Crippen molar-refractivity contribution in [3.05, 3.63) is 0 Å². The molecule has 0 bridgehead atoms. The van der Waals surface area contributed by atoms with Crippen molar-refractivity contribution < 1.29 is 14.6 Å². The van der Waals surface area contributed by atoms with E-state index in [0.717, 1.165) is 6.42 Å². The molecule has 0 fully saturated rings. The second-order valence-electron chi connectivity index (χ2n) is 1.40. The molecule has 1 N–H and O–H groups in total. The van der Waals surface area contributed by atoms with Crippen LogP contribution in [0.3, 0.4) is 0 Å². The average Bonchev–Trinajstić information content (AvgIpc) is 1.68. The first-order valence-electron chi connectivity index (χ1n) is 2.57. The van der Waals surface area contributed by atoms with Crippen LogP contribution in [0.25, 0.3) is 0 Å². The number of hydrogen-bond acceptors (Lipinski definition) is 3. The third-order valence-corrected chi connectivity index (χ3v) is 0.680. The Balaban J connectivity index is 3.06. The molecule has 0 amide bonds. The summed E-state index contributed by atoms with van der Waals surface area (Å²) in [5.74, 6) is -0.338. The van der Waals surface area contributed by atoms with E-state index in [0.29, 0.717) is 6.42 Å². The van der Waals surface area contributed by atoms with Crippen LogP contribution < -0.4 is 0 Å². The third kappa shape index (κ3) is 3.61. The van der Waals surface area contributed by atoms with Gasteiger partial charge in [-0.2, -0.15) is 0 Å². The zero-order valence-corrected chi connectivity index (χ0v) is 4.89. The van der Waals surface area contributed by atoms with Crippen LogP contribution in [0.4, 0.5) is 0 Å². The van der Waals surface area contributed by atoms with E-state index in [-0.39, 0.29) is 5.97 Å². The van der Waals surface area contributed by atoms with Crippen LogP contribution in [-0.2, 0) is 9.53 Å². The van der Waals surface area contributed by atoms with E-state index in [1.807, 2.05) is 6.92 Å². The molecular weight excluding hydrogens is 108 g/mol. The van der Waals surface area contributed by atoms with Crippen molar-refractivity contribution in [2.75, 3.05) is 6.79 Å². The lowest BCUT2D eigenvalue weighted by atomic mass is 10.3. The summed E-state index contributed by atoms with van der Waals surface area (Å²) >= 11 is 0. The number of esters is 1. The fraction of sp³-hybridized carbons (Fsp3) is 0.800. The lowest BCUT2D eigenvalue weighted by Gasteiger charge is -1.95. The Bertz CT molecular complexity index is 62.1. The summed E-state index contributed by atoms with van der Waals surface area (Å²) in [5.41, 5.74) is 0. The molecule has 0 aromatic carbocycles. The Labute approximate surface area is 48.3 Å². The monoisotopic (exact) mass is 118 g/mol. The molecule has 0 saturated carbocycles. The highest BCUT2D eigenvalue weighted by Gasteiger charge is 1.95. The van der Waals surface area contributed by atoms with Crippen molar-refractivity contribution in [3.63, 3.8) is 0 Å². The van der Waals surface area contributed by atoms with Crippen LogP contribution in [0.5, 0.6) is 0 Å². The first-order valence-corrected chi connectivity index (χ1v) is 2.57. The molecule has 0 aromatic rings. The number of carbonyl (C=O) groups is 1. The Hall–Kier alpha value is -0.570. The maximum absolute atomic E-state index is 10.3. The van der Waals surface area contributed by atoms with Gasteiger partial charge in [0.1, 0.15) is 0 Å². The number of rotatable bonds is 3. The van der Waals surface area contributed by atoms with E-state index in [2.05, 4.69) is 4.74 Å². The van der Waals surface area contributed by atoms with Crippen molar-refractivity contribution >= 4 is 5.97 Å². The van der Waals surface area contributed by atoms with Gasteiger partial charge in [-0.1, -0.05) is 6.92 Å². The van der Waals surface area contributed by atoms with Gasteiger partial charge in [0, 0.05) is 6.42 Å². The maximum atomic E-state index is 10.3. The van der Waals surface area contributed by atoms with Crippen LogP contribution in [0.1, 0.15) is 19.8 Å². The number of ether oxygens (including phenoxy) is 1. The second-order valence-corrected chi connectivity index (χ2v) is 1.40. The summed E-state index contributed by atoms with van der Waals surface area (Å²) in [6.45, 7) is 1.37. The molecule has 3 heteroatoms. The van der Waals surface area contributed by atoms with Crippen LogP contribution in [0, 0.1) is 0 Å². The van der Waals surface area contributed by atoms with E-state index >= 15 is 0 Å². The Kier molecular flexibility index (Phi) is 4.26. The molecule has 0 aliphatic carbocycles. The minimum Gasteiger partial charge on any atom is -0.439 e. The fourth-order valence-corrected chi connectivity index (χ4v) is 0.348. The molecule has 48 valence electrons. The largest absolute Gasteiger partial charge is 0.439 e. The summed E-state index contributed by atoms with van der Waals surface area (Å²) in [6, 6.07) is 0. The van der Waals surface area contributed by atoms with E-state index in [1.54, 1.807) is 0 Å². The number of aliphatic hydroxyl groups is 1. The van der Waals surface area contributed by atoms with Crippen LogP contribution in [0.15, 0.2) is 0 Å². The zero-order valence-electron chi connectivity index (χ0n) is 4.89. The van der Waals surface area contributed by atoms with Gasteiger partial charge in [-0.3, -0.25) is 4.79 Å². The van der Waals surface area contributed by atoms with Crippen molar-refractivity contribution in [2.24, 2.45) is 0 Å². The van der Waals surface area contributed by atoms with Crippen LogP contribution in [0.2, 0.25) is 0 Å². The van der Waals surface area contributed by atoms with Crippen molar-refractivity contribution in [3.8, 4) is 0 Å². The predicted octanol–water partition coefficient (Wildman–Crippen LogP) is 0.280. The lowest BCUT2D eigenvalue weighted by molar-refractivity contribution is -0.151. The van der Waals surface area contributed by atoms with Gasteiger partial charge in [0.2, 0.25) is 0 Å². The number of hydrogen-bond donors (Lipinski definition) is 1. The van der Waals surface area contributed by atoms with Gasteiger partial charge in [0.15, 0.2) is 6.79 Å². The average molecular weight is 118 g/mol. The second kappa shape index (κ2) is 4.59. The molecule has 0 aliphatic rings. The van der Waals surface area contributed by atoms with E-state index in [4.69, 9.17) is 5.11 Å². The highest BCUT2D eigenvalue weighted by molar-refractivity contribution is 5.69. The quantitative estimate of drug-likeness (QED) is 0.427. The van der Waals surface area contributed by atoms with Gasteiger partial charge in [-0.05, 0) is 6.42 Å². The van der Waals surface area contributed by atoms with Crippen molar-refractivity contribution in [1.29, 1.82) is 0 Å². The first kappa shape index (κ1) is 7.43. The standard InChI is InChI=1S/C5H10O3/c1-2-3-5(7)8-4-6/h6H,2-4H2,1H3. The first-order chi connectivity index (χ1) is 3.81. The molecule has 0 heterocycles. The predicted molar refractivity (Wildman–Crippen MR) is 28.1 cm³/mol. The Morgan fingerprint density at radius 3 is 2.75 bits per heavy atom. The maximum Gasteiger partial charge on any atom is 0.307 e. The van der Waals surface area contributed by atoms with E-state index in [1.165, 1.54) is 0 Å². The van der Waals surface area contributed by atoms with Gasteiger partial charge in [-0.15, -0.1) is 0 Å². The van der Waals surface area contributed by atoms with Gasteiger partial charge in [0.25, 0.3) is 0 Å². The summed E-state index contributed by atoms with van der Waals surface area (Å²) in [7, 11) is 0. The fourth-order valence-electron chi connectivity index (χ4n) is 0.348. The minimum absolute atomic E-state index is 0.338. The lowest BCUT2D eigenvalue weighted by Crippen LogP contribution is -2.03. The van der Waals surface area contributed by atoms with Crippen LogP contribution >= 0.6 is 0 Å². The van der Waals surface area contributed by atoms with E-state index in [9.17, 15) is 4.79 Å².